The number of rotatable bonds is 1. The number of benzene rings is 1. The number of hydrogen-bond acceptors (Lipinski definition) is 2. The highest BCUT2D eigenvalue weighted by molar-refractivity contribution is 5.35. The van der Waals surface area contributed by atoms with E-state index in [0.717, 1.165) is 18.6 Å². The first-order valence-electron chi connectivity index (χ1n) is 4.25. The zero-order chi connectivity index (χ0) is 8.39. The van der Waals surface area contributed by atoms with Gasteiger partial charge in [0.25, 0.3) is 0 Å². The van der Waals surface area contributed by atoms with Crippen molar-refractivity contribution in [2.24, 2.45) is 0 Å². The quantitative estimate of drug-likeness (QED) is 0.679. The second kappa shape index (κ2) is 3.15. The third kappa shape index (κ3) is 1.30. The molecule has 1 atom stereocenters. The summed E-state index contributed by atoms with van der Waals surface area (Å²) in [7, 11) is 0. The molecule has 0 bridgehead atoms. The molecule has 2 heteroatoms. The third-order valence-electron chi connectivity index (χ3n) is 2.21. The van der Waals surface area contributed by atoms with Crippen molar-refractivity contribution in [1.29, 1.82) is 0 Å². The van der Waals surface area contributed by atoms with Gasteiger partial charge in [-0.2, -0.15) is 0 Å². The first-order valence-corrected chi connectivity index (χ1v) is 4.25. The van der Waals surface area contributed by atoms with Crippen molar-refractivity contribution in [3.05, 3.63) is 29.8 Å². The van der Waals surface area contributed by atoms with Crippen LogP contribution in [-0.2, 0) is 6.42 Å². The van der Waals surface area contributed by atoms with E-state index in [4.69, 9.17) is 9.84 Å². The predicted octanol–water partition coefficient (Wildman–Crippen LogP) is 1.37. The second-order valence-electron chi connectivity index (χ2n) is 3.07. The minimum absolute atomic E-state index is 0.0000926. The van der Waals surface area contributed by atoms with Gasteiger partial charge in [0.15, 0.2) is 0 Å². The highest BCUT2D eigenvalue weighted by atomic mass is 16.5. The number of aliphatic hydroxyl groups excluding tert-OH is 1. The summed E-state index contributed by atoms with van der Waals surface area (Å²) >= 11 is 0. The molecule has 1 aliphatic heterocycles. The van der Waals surface area contributed by atoms with Gasteiger partial charge in [-0.05, 0) is 24.5 Å². The lowest BCUT2D eigenvalue weighted by molar-refractivity contribution is 0.0978. The molecule has 0 spiro atoms. The lowest BCUT2D eigenvalue weighted by Crippen LogP contribution is -2.25. The minimum atomic E-state index is -0.0000926. The van der Waals surface area contributed by atoms with Crippen LogP contribution < -0.4 is 4.74 Å². The van der Waals surface area contributed by atoms with Crippen LogP contribution in [0.2, 0.25) is 0 Å². The Morgan fingerprint density at radius 1 is 1.42 bits per heavy atom. The molecule has 0 aliphatic carbocycles. The highest BCUT2D eigenvalue weighted by Gasteiger charge is 2.17. The van der Waals surface area contributed by atoms with Crippen LogP contribution in [0.15, 0.2) is 24.3 Å². The summed E-state index contributed by atoms with van der Waals surface area (Å²) in [6.45, 7) is 0.119. The molecular formula is C10H12O2. The standard InChI is InChI=1S/C10H12O2/c11-7-9-6-5-8-3-1-2-4-10(8)12-9/h1-4,9,11H,5-7H2/t9-/m0/s1. The first kappa shape index (κ1) is 7.62. The second-order valence-corrected chi connectivity index (χ2v) is 3.07. The van der Waals surface area contributed by atoms with Crippen LogP contribution in [0.1, 0.15) is 12.0 Å². The minimum Gasteiger partial charge on any atom is -0.488 e. The van der Waals surface area contributed by atoms with E-state index in [-0.39, 0.29) is 12.7 Å². The van der Waals surface area contributed by atoms with Crippen molar-refractivity contribution in [2.75, 3.05) is 6.61 Å². The summed E-state index contributed by atoms with van der Waals surface area (Å²) in [6, 6.07) is 8.00. The summed E-state index contributed by atoms with van der Waals surface area (Å²) < 4.78 is 5.53. The Hall–Kier alpha value is -1.02. The van der Waals surface area contributed by atoms with Gasteiger partial charge in [-0.1, -0.05) is 18.2 Å². The summed E-state index contributed by atoms with van der Waals surface area (Å²) in [4.78, 5) is 0. The molecule has 0 saturated heterocycles. The number of fused-ring (bicyclic) bond motifs is 1. The van der Waals surface area contributed by atoms with E-state index in [2.05, 4.69) is 6.07 Å². The summed E-state index contributed by atoms with van der Waals surface area (Å²) in [5.41, 5.74) is 1.25. The fourth-order valence-electron chi connectivity index (χ4n) is 1.51. The third-order valence-corrected chi connectivity index (χ3v) is 2.21. The summed E-state index contributed by atoms with van der Waals surface area (Å²) in [5, 5.41) is 8.89. The normalized spacial score (nSPS) is 21.2. The number of hydrogen-bond donors (Lipinski definition) is 1. The number of aryl methyl sites for hydroxylation is 1. The molecular weight excluding hydrogens is 152 g/mol. The van der Waals surface area contributed by atoms with Gasteiger partial charge in [-0.15, -0.1) is 0 Å². The maximum atomic E-state index is 8.89. The first-order chi connectivity index (χ1) is 5.90. The maximum Gasteiger partial charge on any atom is 0.123 e. The van der Waals surface area contributed by atoms with Crippen molar-refractivity contribution in [1.82, 2.24) is 0 Å². The van der Waals surface area contributed by atoms with Gasteiger partial charge >= 0.3 is 0 Å². The monoisotopic (exact) mass is 164 g/mol. The van der Waals surface area contributed by atoms with Crippen LogP contribution in [0.25, 0.3) is 0 Å². The number of ether oxygens (including phenoxy) is 1. The Morgan fingerprint density at radius 2 is 2.25 bits per heavy atom. The molecule has 1 aromatic carbocycles. The Morgan fingerprint density at radius 3 is 3.08 bits per heavy atom. The molecule has 2 rings (SSSR count). The lowest BCUT2D eigenvalue weighted by atomic mass is 10.0. The Labute approximate surface area is 71.8 Å². The smallest absolute Gasteiger partial charge is 0.123 e. The van der Waals surface area contributed by atoms with Crippen LogP contribution >= 0.6 is 0 Å². The van der Waals surface area contributed by atoms with E-state index in [1.54, 1.807) is 0 Å². The van der Waals surface area contributed by atoms with E-state index in [0.29, 0.717) is 0 Å². The molecule has 0 unspecified atom stereocenters. The lowest BCUT2D eigenvalue weighted by Gasteiger charge is -2.24. The van der Waals surface area contributed by atoms with Crippen LogP contribution in [0.3, 0.4) is 0 Å². The van der Waals surface area contributed by atoms with Gasteiger partial charge in [0, 0.05) is 0 Å². The van der Waals surface area contributed by atoms with E-state index in [1.165, 1.54) is 5.56 Å². The van der Waals surface area contributed by atoms with Crippen molar-refractivity contribution in [3.8, 4) is 5.75 Å². The molecule has 0 aromatic heterocycles. The zero-order valence-corrected chi connectivity index (χ0v) is 6.86. The fraction of sp³-hybridized carbons (Fsp3) is 0.400. The molecule has 0 amide bonds. The van der Waals surface area contributed by atoms with Crippen molar-refractivity contribution >= 4 is 0 Å². The molecule has 0 saturated carbocycles. The van der Waals surface area contributed by atoms with E-state index >= 15 is 0 Å². The molecule has 1 aromatic rings. The Balaban J connectivity index is 2.23. The van der Waals surface area contributed by atoms with Crippen LogP contribution in [0.5, 0.6) is 5.75 Å². The molecule has 64 valence electrons. The average molecular weight is 164 g/mol. The van der Waals surface area contributed by atoms with E-state index in [9.17, 15) is 0 Å². The largest absolute Gasteiger partial charge is 0.488 e. The molecule has 0 radical (unpaired) electrons. The van der Waals surface area contributed by atoms with Gasteiger partial charge in [0.2, 0.25) is 0 Å². The SMILES string of the molecule is OC[C@@H]1CCc2ccccc2O1. The molecule has 1 N–H and O–H groups in total. The highest BCUT2D eigenvalue weighted by Crippen LogP contribution is 2.26. The average Bonchev–Trinajstić information content (AvgIpc) is 2.17. The number of para-hydroxylation sites is 1. The molecule has 0 fully saturated rings. The van der Waals surface area contributed by atoms with Crippen molar-refractivity contribution in [3.63, 3.8) is 0 Å². The maximum absolute atomic E-state index is 8.89. The Bertz CT molecular complexity index is 270. The molecule has 1 aliphatic rings. The van der Waals surface area contributed by atoms with Gasteiger partial charge in [0.05, 0.1) is 6.61 Å². The van der Waals surface area contributed by atoms with E-state index in [1.807, 2.05) is 18.2 Å². The summed E-state index contributed by atoms with van der Waals surface area (Å²) in [5.74, 6) is 0.933. The molecule has 2 nitrogen and oxygen atoms in total. The molecule has 12 heavy (non-hydrogen) atoms. The van der Waals surface area contributed by atoms with Gasteiger partial charge in [-0.25, -0.2) is 0 Å². The molecule has 1 heterocycles. The fourth-order valence-corrected chi connectivity index (χ4v) is 1.51. The zero-order valence-electron chi connectivity index (χ0n) is 6.86. The van der Waals surface area contributed by atoms with Crippen molar-refractivity contribution in [2.45, 2.75) is 18.9 Å². The van der Waals surface area contributed by atoms with E-state index < -0.39 is 0 Å². The van der Waals surface area contributed by atoms with Gasteiger partial charge in [0.1, 0.15) is 11.9 Å². The Kier molecular flexibility index (Phi) is 2.00. The van der Waals surface area contributed by atoms with Crippen LogP contribution in [0.4, 0.5) is 0 Å². The predicted molar refractivity (Wildman–Crippen MR) is 46.3 cm³/mol. The van der Waals surface area contributed by atoms with Crippen molar-refractivity contribution < 1.29 is 9.84 Å². The van der Waals surface area contributed by atoms with Gasteiger partial charge < -0.3 is 9.84 Å². The summed E-state index contributed by atoms with van der Waals surface area (Å²) in [6.07, 6.45) is 1.94. The topological polar surface area (TPSA) is 29.5 Å². The van der Waals surface area contributed by atoms with Crippen LogP contribution in [-0.4, -0.2) is 17.8 Å². The van der Waals surface area contributed by atoms with Gasteiger partial charge in [-0.3, -0.25) is 0 Å². The number of aliphatic hydroxyl groups is 1. The van der Waals surface area contributed by atoms with Crippen LogP contribution in [0, 0.1) is 0 Å².